The van der Waals surface area contributed by atoms with Gasteiger partial charge in [0.2, 0.25) is 0 Å². The van der Waals surface area contributed by atoms with E-state index in [1.807, 2.05) is 4.90 Å². The summed E-state index contributed by atoms with van der Waals surface area (Å²) < 4.78 is 5.52. The topological polar surface area (TPSA) is 70.1 Å². The fourth-order valence-electron chi connectivity index (χ4n) is 2.58. The Morgan fingerprint density at radius 2 is 1.89 bits per heavy atom. The molecule has 2 heterocycles. The van der Waals surface area contributed by atoms with Gasteiger partial charge < -0.3 is 14.7 Å². The third kappa shape index (κ3) is 4.18. The van der Waals surface area contributed by atoms with Crippen molar-refractivity contribution in [3.05, 3.63) is 0 Å². The molecule has 2 aliphatic rings. The second-order valence-electron chi connectivity index (χ2n) is 5.17. The second-order valence-corrected chi connectivity index (χ2v) is 5.17. The Hall–Kier alpha value is -1.14. The van der Waals surface area contributed by atoms with Crippen molar-refractivity contribution < 1.29 is 19.4 Å². The van der Waals surface area contributed by atoms with Crippen molar-refractivity contribution in [2.45, 2.75) is 31.8 Å². The van der Waals surface area contributed by atoms with Gasteiger partial charge >= 0.3 is 5.97 Å². The number of ether oxygens (including phenoxy) is 1. The lowest BCUT2D eigenvalue weighted by Crippen LogP contribution is -2.52. The van der Waals surface area contributed by atoms with E-state index in [1.54, 1.807) is 0 Å². The predicted octanol–water partition coefficient (Wildman–Crippen LogP) is 0.174. The number of carboxylic acids is 1. The molecule has 0 aliphatic carbocycles. The molecule has 1 amide bonds. The van der Waals surface area contributed by atoms with E-state index in [-0.39, 0.29) is 18.4 Å². The molecule has 6 nitrogen and oxygen atoms in total. The minimum Gasteiger partial charge on any atom is -0.481 e. The maximum absolute atomic E-state index is 12.2. The van der Waals surface area contributed by atoms with E-state index in [1.165, 1.54) is 0 Å². The van der Waals surface area contributed by atoms with Gasteiger partial charge in [-0.15, -0.1) is 0 Å². The molecule has 1 unspecified atom stereocenters. The number of hydrogen-bond acceptors (Lipinski definition) is 4. The quantitative estimate of drug-likeness (QED) is 0.789. The first-order valence-corrected chi connectivity index (χ1v) is 7.01. The van der Waals surface area contributed by atoms with Crippen molar-refractivity contribution in [3.63, 3.8) is 0 Å². The van der Waals surface area contributed by atoms with Crippen LogP contribution in [0.25, 0.3) is 0 Å². The van der Waals surface area contributed by atoms with Crippen LogP contribution in [0.3, 0.4) is 0 Å². The van der Waals surface area contributed by atoms with Crippen molar-refractivity contribution in [2.75, 3.05) is 39.3 Å². The summed E-state index contributed by atoms with van der Waals surface area (Å²) in [5, 5.41) is 8.65. The normalized spacial score (nSPS) is 25.3. The summed E-state index contributed by atoms with van der Waals surface area (Å²) in [5.41, 5.74) is 0. The first kappa shape index (κ1) is 14.3. The zero-order chi connectivity index (χ0) is 13.7. The molecule has 0 spiro atoms. The lowest BCUT2D eigenvalue weighted by atomic mass is 10.1. The predicted molar refractivity (Wildman–Crippen MR) is 68.9 cm³/mol. The summed E-state index contributed by atoms with van der Waals surface area (Å²) in [6, 6.07) is 0. The number of carboxylic acid groups (broad SMARTS) is 1. The molecule has 2 saturated heterocycles. The summed E-state index contributed by atoms with van der Waals surface area (Å²) in [4.78, 5) is 26.7. The number of hydrogen-bond donors (Lipinski definition) is 1. The van der Waals surface area contributed by atoms with Gasteiger partial charge in [-0.1, -0.05) is 0 Å². The Labute approximate surface area is 113 Å². The highest BCUT2D eigenvalue weighted by Gasteiger charge is 2.29. The van der Waals surface area contributed by atoms with Gasteiger partial charge in [0.05, 0.1) is 6.42 Å². The Morgan fingerprint density at radius 1 is 1.16 bits per heavy atom. The highest BCUT2D eigenvalue weighted by molar-refractivity contribution is 5.81. The number of amides is 1. The van der Waals surface area contributed by atoms with E-state index in [0.717, 1.165) is 32.4 Å². The Bertz CT molecular complexity index is 321. The maximum atomic E-state index is 12.2. The summed E-state index contributed by atoms with van der Waals surface area (Å²) in [6.45, 7) is 4.13. The molecular formula is C13H22N2O4. The van der Waals surface area contributed by atoms with Crippen molar-refractivity contribution in [2.24, 2.45) is 0 Å². The first-order valence-electron chi connectivity index (χ1n) is 7.01. The standard InChI is InChI=1S/C13H22N2O4/c16-12(17)4-5-14-6-8-15(9-7-14)13(18)11-3-1-2-10-19-11/h11H,1-10H2,(H,16,17). The van der Waals surface area contributed by atoms with E-state index < -0.39 is 5.97 Å². The third-order valence-corrected chi connectivity index (χ3v) is 3.78. The van der Waals surface area contributed by atoms with Gasteiger partial charge in [-0.3, -0.25) is 14.5 Å². The molecule has 0 bridgehead atoms. The van der Waals surface area contributed by atoms with Crippen LogP contribution in [0.2, 0.25) is 0 Å². The van der Waals surface area contributed by atoms with Crippen LogP contribution in [0.1, 0.15) is 25.7 Å². The monoisotopic (exact) mass is 270 g/mol. The number of nitrogens with zero attached hydrogens (tertiary/aromatic N) is 2. The maximum Gasteiger partial charge on any atom is 0.304 e. The van der Waals surface area contributed by atoms with Crippen LogP contribution in [0.5, 0.6) is 0 Å². The molecule has 19 heavy (non-hydrogen) atoms. The Kier molecular flexibility index (Phi) is 5.15. The van der Waals surface area contributed by atoms with Crippen LogP contribution in [-0.2, 0) is 14.3 Å². The first-order chi connectivity index (χ1) is 9.16. The van der Waals surface area contributed by atoms with Crippen LogP contribution in [-0.4, -0.2) is 72.2 Å². The molecule has 2 fully saturated rings. The van der Waals surface area contributed by atoms with Crippen LogP contribution >= 0.6 is 0 Å². The van der Waals surface area contributed by atoms with Crippen molar-refractivity contribution >= 4 is 11.9 Å². The largest absolute Gasteiger partial charge is 0.481 e. The number of aliphatic carboxylic acids is 1. The average Bonchev–Trinajstić information content (AvgIpc) is 2.46. The minimum absolute atomic E-state index is 0.109. The van der Waals surface area contributed by atoms with E-state index in [9.17, 15) is 9.59 Å². The van der Waals surface area contributed by atoms with Crippen LogP contribution in [0, 0.1) is 0 Å². The van der Waals surface area contributed by atoms with Gasteiger partial charge in [-0.05, 0) is 19.3 Å². The molecule has 108 valence electrons. The summed E-state index contributed by atoms with van der Waals surface area (Å²) >= 11 is 0. The van der Waals surface area contributed by atoms with Gasteiger partial charge in [0.1, 0.15) is 6.10 Å². The lowest BCUT2D eigenvalue weighted by molar-refractivity contribution is -0.148. The summed E-state index contributed by atoms with van der Waals surface area (Å²) in [5.74, 6) is -0.660. The van der Waals surface area contributed by atoms with Gasteiger partial charge in [0.25, 0.3) is 5.91 Å². The SMILES string of the molecule is O=C(O)CCN1CCN(C(=O)C2CCCCO2)CC1. The molecule has 0 aromatic rings. The summed E-state index contributed by atoms with van der Waals surface area (Å²) in [6.07, 6.45) is 2.86. The number of carbonyl (C=O) groups excluding carboxylic acids is 1. The molecular weight excluding hydrogens is 248 g/mol. The zero-order valence-corrected chi connectivity index (χ0v) is 11.2. The minimum atomic E-state index is -0.769. The van der Waals surface area contributed by atoms with Gasteiger partial charge in [-0.25, -0.2) is 0 Å². The fourth-order valence-corrected chi connectivity index (χ4v) is 2.58. The van der Waals surface area contributed by atoms with Crippen LogP contribution in [0.4, 0.5) is 0 Å². The highest BCUT2D eigenvalue weighted by Crippen LogP contribution is 2.16. The molecule has 0 radical (unpaired) electrons. The van der Waals surface area contributed by atoms with Gasteiger partial charge in [-0.2, -0.15) is 0 Å². The van der Waals surface area contributed by atoms with Crippen molar-refractivity contribution in [1.29, 1.82) is 0 Å². The van der Waals surface area contributed by atoms with Gasteiger partial charge in [0.15, 0.2) is 0 Å². The molecule has 1 atom stereocenters. The average molecular weight is 270 g/mol. The number of carbonyl (C=O) groups is 2. The van der Waals surface area contributed by atoms with Crippen LogP contribution in [0.15, 0.2) is 0 Å². The fraction of sp³-hybridized carbons (Fsp3) is 0.846. The zero-order valence-electron chi connectivity index (χ0n) is 11.2. The van der Waals surface area contributed by atoms with Gasteiger partial charge in [0, 0.05) is 39.3 Å². The molecule has 6 heteroatoms. The molecule has 2 aliphatic heterocycles. The smallest absolute Gasteiger partial charge is 0.304 e. The van der Waals surface area contributed by atoms with E-state index in [2.05, 4.69) is 4.90 Å². The lowest BCUT2D eigenvalue weighted by Gasteiger charge is -2.36. The van der Waals surface area contributed by atoms with E-state index in [4.69, 9.17) is 9.84 Å². The van der Waals surface area contributed by atoms with E-state index >= 15 is 0 Å². The highest BCUT2D eigenvalue weighted by atomic mass is 16.5. The second kappa shape index (κ2) is 6.86. The van der Waals surface area contributed by atoms with E-state index in [0.29, 0.717) is 26.2 Å². The molecule has 0 aromatic heterocycles. The van der Waals surface area contributed by atoms with Crippen molar-refractivity contribution in [1.82, 2.24) is 9.80 Å². The van der Waals surface area contributed by atoms with Crippen molar-refractivity contribution in [3.8, 4) is 0 Å². The molecule has 0 aromatic carbocycles. The molecule has 2 rings (SSSR count). The van der Waals surface area contributed by atoms with Crippen LogP contribution < -0.4 is 0 Å². The number of rotatable bonds is 4. The summed E-state index contributed by atoms with van der Waals surface area (Å²) in [7, 11) is 0. The number of piperazine rings is 1. The Morgan fingerprint density at radius 3 is 2.47 bits per heavy atom. The Balaban J connectivity index is 1.72. The molecule has 0 saturated carbocycles. The third-order valence-electron chi connectivity index (χ3n) is 3.78. The molecule has 1 N–H and O–H groups in total.